The lowest BCUT2D eigenvalue weighted by Crippen LogP contribution is -2.70. The Balaban J connectivity index is 1.51. The molecule has 40 heavy (non-hydrogen) atoms. The molecule has 5 nitrogen and oxygen atoms in total. The van der Waals surface area contributed by atoms with Gasteiger partial charge in [0, 0.05) is 36.4 Å². The average molecular weight is 547 g/mol. The zero-order valence-corrected chi connectivity index (χ0v) is 26.1. The second-order valence-electron chi connectivity index (χ2n) is 17.1. The third kappa shape index (κ3) is 3.33. The summed E-state index contributed by atoms with van der Waals surface area (Å²) in [5.41, 5.74) is 0.0185. The summed E-state index contributed by atoms with van der Waals surface area (Å²) < 4.78 is 0. The molecule has 0 spiro atoms. The number of hydrogen-bond acceptors (Lipinski definition) is 5. The largest absolute Gasteiger partial charge is 0.390 e. The van der Waals surface area contributed by atoms with Crippen molar-refractivity contribution in [1.82, 2.24) is 4.90 Å². The van der Waals surface area contributed by atoms with E-state index in [-0.39, 0.29) is 62.2 Å². The fourth-order valence-electron chi connectivity index (χ4n) is 12.0. The number of nitrogens with zero attached hydrogens (tertiary/aromatic N) is 2. The van der Waals surface area contributed by atoms with Crippen LogP contribution in [0, 0.1) is 61.1 Å². The van der Waals surface area contributed by atoms with Crippen molar-refractivity contribution in [1.29, 1.82) is 5.26 Å². The summed E-state index contributed by atoms with van der Waals surface area (Å²) >= 11 is 0. The fraction of sp³-hybridized carbons (Fsp3) is 0.800. The molecule has 4 fully saturated rings. The van der Waals surface area contributed by atoms with Crippen molar-refractivity contribution >= 4 is 11.6 Å². The van der Waals surface area contributed by atoms with E-state index >= 15 is 0 Å². The number of nitriles is 1. The Morgan fingerprint density at radius 3 is 2.23 bits per heavy atom. The van der Waals surface area contributed by atoms with E-state index in [4.69, 9.17) is 0 Å². The highest BCUT2D eigenvalue weighted by molar-refractivity contribution is 6.04. The molecular weight excluding hydrogens is 496 g/mol. The average Bonchev–Trinajstić information content (AvgIpc) is 2.82. The number of β-amino-alcohol motifs (C(OH)–C–C–N with tert-alkyl or cyclic N) is 1. The number of carbonyl (C=O) groups excluding carboxylic acids is 2. The summed E-state index contributed by atoms with van der Waals surface area (Å²) in [5, 5.41) is 20.0. The van der Waals surface area contributed by atoms with Crippen LogP contribution in [0.25, 0.3) is 0 Å². The van der Waals surface area contributed by atoms with E-state index < -0.39 is 10.8 Å². The molecule has 6 aliphatic rings. The number of aliphatic hydroxyl groups excluding tert-OH is 1. The molecule has 218 valence electrons. The first-order valence-corrected chi connectivity index (χ1v) is 15.7. The highest BCUT2D eigenvalue weighted by Crippen LogP contribution is 2.77. The predicted molar refractivity (Wildman–Crippen MR) is 156 cm³/mol. The second-order valence-corrected chi connectivity index (χ2v) is 17.1. The van der Waals surface area contributed by atoms with Gasteiger partial charge in [-0.15, -0.1) is 0 Å². The van der Waals surface area contributed by atoms with Gasteiger partial charge in [0.25, 0.3) is 0 Å². The first-order chi connectivity index (χ1) is 18.4. The van der Waals surface area contributed by atoms with Crippen LogP contribution in [0.1, 0.15) is 100 Å². The lowest BCUT2D eigenvalue weighted by Gasteiger charge is -2.73. The maximum absolute atomic E-state index is 14.8. The zero-order chi connectivity index (χ0) is 29.3. The zero-order valence-electron chi connectivity index (χ0n) is 26.1. The number of allylic oxidation sites excluding steroid dienone is 4. The molecule has 1 aliphatic heterocycles. The van der Waals surface area contributed by atoms with Crippen LogP contribution in [0.4, 0.5) is 0 Å². The van der Waals surface area contributed by atoms with Crippen LogP contribution in [0.5, 0.6) is 0 Å². The summed E-state index contributed by atoms with van der Waals surface area (Å²) in [6, 6.07) is 2.22. The van der Waals surface area contributed by atoms with Gasteiger partial charge in [-0.2, -0.15) is 5.26 Å². The molecule has 0 radical (unpaired) electrons. The molecule has 6 rings (SSSR count). The molecule has 1 N–H and O–H groups in total. The van der Waals surface area contributed by atoms with Gasteiger partial charge < -0.3 is 5.11 Å². The minimum Gasteiger partial charge on any atom is -0.390 e. The van der Waals surface area contributed by atoms with Gasteiger partial charge in [-0.25, -0.2) is 0 Å². The summed E-state index contributed by atoms with van der Waals surface area (Å²) in [7, 11) is 0. The van der Waals surface area contributed by atoms with Gasteiger partial charge in [-0.1, -0.05) is 67.0 Å². The number of Topliss-reactive ketones (excluding diaryl/α,β-unsaturated/α-hetero) is 1. The quantitative estimate of drug-likeness (QED) is 0.441. The SMILES string of the molecule is CC1(C)CC[C@]2(CN3CC(O)C3)CC[C@]3(C)[C@H](C(=O)C=C4[C@@]5(C)C=C(C#N)C(=O)C(C)(C)C5CC[C@]43C)[C@]2(C)C1. The molecule has 1 unspecified atom stereocenters. The topological polar surface area (TPSA) is 81.4 Å². The van der Waals surface area contributed by atoms with Crippen LogP contribution in [-0.2, 0) is 9.59 Å². The standard InChI is InChI=1S/C35H50N2O3/c1-29(2)11-13-35(21-37-18-23(38)19-37)14-12-33(7)27(34(35,8)20-29)24(39)15-26-31(5)16-22(17-36)28(40)30(3,4)25(31)9-10-32(26,33)6/h15-16,23,25,27,38H,9-14,18-21H2,1-8H3/t25?,27-,31-,32+,33+,34-,35+/m0/s1. The monoisotopic (exact) mass is 546 g/mol. The lowest BCUT2D eigenvalue weighted by molar-refractivity contribution is -0.215. The van der Waals surface area contributed by atoms with Gasteiger partial charge in [0.2, 0.25) is 0 Å². The number of ketones is 2. The minimum atomic E-state index is -0.638. The number of carbonyl (C=O) groups is 2. The Kier molecular flexibility index (Phi) is 5.81. The number of aliphatic hydroxyl groups is 1. The van der Waals surface area contributed by atoms with Gasteiger partial charge in [0.15, 0.2) is 11.6 Å². The molecule has 5 aliphatic carbocycles. The van der Waals surface area contributed by atoms with Crippen LogP contribution in [-0.4, -0.2) is 47.3 Å². The smallest absolute Gasteiger partial charge is 0.178 e. The molecule has 0 aromatic carbocycles. The predicted octanol–water partition coefficient (Wildman–Crippen LogP) is 6.27. The molecule has 0 amide bonds. The maximum Gasteiger partial charge on any atom is 0.178 e. The van der Waals surface area contributed by atoms with E-state index in [1.165, 1.54) is 12.0 Å². The molecule has 7 atom stereocenters. The number of fused-ring (bicyclic) bond motifs is 7. The molecule has 0 bridgehead atoms. The molecule has 1 saturated heterocycles. The fourth-order valence-corrected chi connectivity index (χ4v) is 12.0. The Morgan fingerprint density at radius 1 is 0.950 bits per heavy atom. The van der Waals surface area contributed by atoms with Crippen LogP contribution >= 0.6 is 0 Å². The van der Waals surface area contributed by atoms with E-state index in [0.29, 0.717) is 0 Å². The van der Waals surface area contributed by atoms with Gasteiger partial charge in [-0.3, -0.25) is 14.5 Å². The number of hydrogen-bond donors (Lipinski definition) is 1. The first kappa shape index (κ1) is 28.4. The molecule has 3 saturated carbocycles. The summed E-state index contributed by atoms with van der Waals surface area (Å²) in [4.78, 5) is 30.5. The van der Waals surface area contributed by atoms with Crippen molar-refractivity contribution in [2.24, 2.45) is 49.7 Å². The molecule has 1 heterocycles. The molecule has 0 aromatic rings. The van der Waals surface area contributed by atoms with Crippen molar-refractivity contribution in [2.75, 3.05) is 19.6 Å². The highest BCUT2D eigenvalue weighted by atomic mass is 16.3. The molecular formula is C35H50N2O3. The van der Waals surface area contributed by atoms with Gasteiger partial charge in [-0.05, 0) is 84.0 Å². The lowest BCUT2D eigenvalue weighted by atomic mass is 9.31. The highest BCUT2D eigenvalue weighted by Gasteiger charge is 2.73. The van der Waals surface area contributed by atoms with Gasteiger partial charge in [0.1, 0.15) is 6.07 Å². The first-order valence-electron chi connectivity index (χ1n) is 15.7. The summed E-state index contributed by atoms with van der Waals surface area (Å²) in [5.74, 6) is 0.225. The summed E-state index contributed by atoms with van der Waals surface area (Å²) in [6.45, 7) is 20.8. The van der Waals surface area contributed by atoms with Crippen LogP contribution in [0.15, 0.2) is 23.3 Å². The number of likely N-dealkylation sites (tertiary alicyclic amines) is 1. The third-order valence-corrected chi connectivity index (χ3v) is 14.1. The second kappa shape index (κ2) is 8.19. The van der Waals surface area contributed by atoms with E-state index in [2.05, 4.69) is 52.5 Å². The van der Waals surface area contributed by atoms with Crippen molar-refractivity contribution in [3.8, 4) is 6.07 Å². The van der Waals surface area contributed by atoms with E-state index in [9.17, 15) is 20.0 Å². The Bertz CT molecular complexity index is 1280. The van der Waals surface area contributed by atoms with E-state index in [1.54, 1.807) is 0 Å². The van der Waals surface area contributed by atoms with Crippen molar-refractivity contribution in [2.45, 2.75) is 106 Å². The molecule has 5 heteroatoms. The Hall–Kier alpha value is -1.77. The Labute approximate surface area is 241 Å². The van der Waals surface area contributed by atoms with Gasteiger partial charge in [0.05, 0.1) is 11.7 Å². The van der Waals surface area contributed by atoms with Gasteiger partial charge >= 0.3 is 0 Å². The van der Waals surface area contributed by atoms with Crippen LogP contribution in [0.3, 0.4) is 0 Å². The van der Waals surface area contributed by atoms with E-state index in [0.717, 1.165) is 58.2 Å². The van der Waals surface area contributed by atoms with Crippen LogP contribution < -0.4 is 0 Å². The third-order valence-electron chi connectivity index (χ3n) is 14.1. The van der Waals surface area contributed by atoms with Crippen LogP contribution in [0.2, 0.25) is 0 Å². The van der Waals surface area contributed by atoms with E-state index in [1.807, 2.05) is 26.0 Å². The van der Waals surface area contributed by atoms with Crippen molar-refractivity contribution in [3.05, 3.63) is 23.3 Å². The number of rotatable bonds is 2. The maximum atomic E-state index is 14.8. The summed E-state index contributed by atoms with van der Waals surface area (Å²) in [6.07, 6.45) is 11.1. The van der Waals surface area contributed by atoms with Crippen molar-refractivity contribution < 1.29 is 14.7 Å². The Morgan fingerprint density at radius 2 is 1.60 bits per heavy atom. The minimum absolute atomic E-state index is 0.0524. The van der Waals surface area contributed by atoms with Crippen molar-refractivity contribution in [3.63, 3.8) is 0 Å². The molecule has 0 aromatic heterocycles. The normalized spacial score (nSPS) is 47.9.